The molecule has 0 aliphatic carbocycles. The number of methoxy groups -OCH3 is 1. The number of rotatable bonds is 6. The lowest BCUT2D eigenvalue weighted by molar-refractivity contribution is -0.0249. The van der Waals surface area contributed by atoms with Crippen molar-refractivity contribution in [2.45, 2.75) is 18.5 Å². The Hall–Kier alpha value is -3.83. The molecule has 0 unspecified atom stereocenters. The molecule has 0 spiro atoms. The molecule has 5 rings (SSSR count). The largest absolute Gasteiger partial charge is 0.481 e. The summed E-state index contributed by atoms with van der Waals surface area (Å²) < 4.78 is 112. The number of imidazole rings is 1. The Morgan fingerprint density at radius 3 is 2.46 bits per heavy atom. The molecule has 1 aliphatic rings. The maximum atomic E-state index is 15.1. The number of fused-ring (bicyclic) bond motifs is 2. The monoisotopic (exact) mass is 546 g/mol. The highest BCUT2D eigenvalue weighted by atomic mass is 32.2. The number of halogens is 5. The van der Waals surface area contributed by atoms with Gasteiger partial charge in [0.25, 0.3) is 15.9 Å². The SMILES string of the molecule is CNS(=O)(=O)N[C@@H]1Cn2c(cn(-c3noc4nc(OC)cc(-c5c(F)cc(F)cc5F)c34)c2=O)C1(F)F. The molecule has 0 radical (unpaired) electrons. The van der Waals surface area contributed by atoms with Gasteiger partial charge >= 0.3 is 11.6 Å². The van der Waals surface area contributed by atoms with E-state index < -0.39 is 68.9 Å². The summed E-state index contributed by atoms with van der Waals surface area (Å²) in [6.07, 6.45) is 0.707. The zero-order valence-electron chi connectivity index (χ0n) is 18.7. The minimum atomic E-state index is -4.27. The Morgan fingerprint density at radius 1 is 1.19 bits per heavy atom. The fourth-order valence-corrected chi connectivity index (χ4v) is 4.80. The van der Waals surface area contributed by atoms with E-state index in [0.29, 0.717) is 27.5 Å². The van der Waals surface area contributed by atoms with E-state index in [1.165, 1.54) is 7.11 Å². The molecule has 0 bridgehead atoms. The van der Waals surface area contributed by atoms with Gasteiger partial charge in [0.1, 0.15) is 29.2 Å². The molecular weight excluding hydrogens is 531 g/mol. The number of benzene rings is 1. The van der Waals surface area contributed by atoms with Crippen molar-refractivity contribution in [3.63, 3.8) is 0 Å². The zero-order chi connectivity index (χ0) is 26.9. The van der Waals surface area contributed by atoms with Gasteiger partial charge in [-0.1, -0.05) is 5.16 Å². The van der Waals surface area contributed by atoms with E-state index in [-0.39, 0.29) is 22.5 Å². The Balaban J connectivity index is 1.71. The minimum Gasteiger partial charge on any atom is -0.481 e. The van der Waals surface area contributed by atoms with Crippen LogP contribution in [0.2, 0.25) is 0 Å². The van der Waals surface area contributed by atoms with E-state index >= 15 is 8.78 Å². The van der Waals surface area contributed by atoms with Gasteiger partial charge in [-0.05, 0) is 0 Å². The first-order valence-electron chi connectivity index (χ1n) is 10.3. The normalized spacial score (nSPS) is 16.9. The lowest BCUT2D eigenvalue weighted by Gasteiger charge is -2.19. The molecule has 196 valence electrons. The summed E-state index contributed by atoms with van der Waals surface area (Å²) >= 11 is 0. The third kappa shape index (κ3) is 3.85. The molecule has 1 aliphatic heterocycles. The fraction of sp³-hybridized carbons (Fsp3) is 0.250. The Kier molecular flexibility index (Phi) is 5.61. The number of aromatic nitrogens is 4. The van der Waals surface area contributed by atoms with Gasteiger partial charge < -0.3 is 9.26 Å². The maximum Gasteiger partial charge on any atom is 0.334 e. The maximum absolute atomic E-state index is 15.1. The molecule has 0 fully saturated rings. The van der Waals surface area contributed by atoms with Crippen molar-refractivity contribution in [2.24, 2.45) is 0 Å². The van der Waals surface area contributed by atoms with Crippen LogP contribution in [-0.4, -0.2) is 47.9 Å². The van der Waals surface area contributed by atoms with E-state index in [1.807, 2.05) is 4.72 Å². The minimum absolute atomic E-state index is 0.175. The molecule has 0 saturated heterocycles. The molecule has 4 aromatic rings. The molecule has 2 N–H and O–H groups in total. The molecule has 0 saturated carbocycles. The van der Waals surface area contributed by atoms with Crippen molar-refractivity contribution in [3.8, 4) is 22.8 Å². The van der Waals surface area contributed by atoms with Crippen LogP contribution in [0.4, 0.5) is 22.0 Å². The average Bonchev–Trinajstić information content (AvgIpc) is 3.45. The van der Waals surface area contributed by atoms with Crippen molar-refractivity contribution in [3.05, 3.63) is 58.0 Å². The van der Waals surface area contributed by atoms with E-state index in [0.717, 1.165) is 13.1 Å². The third-order valence-corrected chi connectivity index (χ3v) is 6.94. The molecule has 17 heteroatoms. The lowest BCUT2D eigenvalue weighted by atomic mass is 10.0. The standard InChI is InChI=1S/C20H15F5N6O5S/c1-26-37(33,34)29-12-6-30-13(20(12,24)25)7-31(19(30)32)17-16-9(5-14(35-2)27-18(16)36-28-17)15-10(22)3-8(21)4-11(15)23/h3-5,7,12,26,29H,6H2,1-2H3/t12-/m1/s1. The summed E-state index contributed by atoms with van der Waals surface area (Å²) in [7, 11) is -2.04. The summed E-state index contributed by atoms with van der Waals surface area (Å²) in [6.45, 7) is -0.731. The molecule has 4 heterocycles. The Labute approximate surface area is 203 Å². The lowest BCUT2D eigenvalue weighted by Crippen LogP contribution is -2.48. The van der Waals surface area contributed by atoms with Crippen molar-refractivity contribution in [1.82, 2.24) is 28.7 Å². The van der Waals surface area contributed by atoms with E-state index in [4.69, 9.17) is 9.26 Å². The molecule has 1 aromatic carbocycles. The van der Waals surface area contributed by atoms with Gasteiger partial charge in [0.15, 0.2) is 5.82 Å². The molecule has 3 aromatic heterocycles. The Morgan fingerprint density at radius 2 is 1.86 bits per heavy atom. The highest BCUT2D eigenvalue weighted by Crippen LogP contribution is 2.40. The van der Waals surface area contributed by atoms with E-state index in [1.54, 1.807) is 4.72 Å². The summed E-state index contributed by atoms with van der Waals surface area (Å²) in [4.78, 5) is 17.1. The van der Waals surface area contributed by atoms with Crippen LogP contribution in [-0.2, 0) is 22.7 Å². The van der Waals surface area contributed by atoms with Crippen molar-refractivity contribution >= 4 is 21.3 Å². The molecule has 37 heavy (non-hydrogen) atoms. The van der Waals surface area contributed by atoms with Crippen molar-refractivity contribution < 1.29 is 39.6 Å². The van der Waals surface area contributed by atoms with Crippen LogP contribution >= 0.6 is 0 Å². The first kappa shape index (κ1) is 24.8. The topological polar surface area (TPSA) is 133 Å². The molecule has 11 nitrogen and oxygen atoms in total. The van der Waals surface area contributed by atoms with Gasteiger partial charge in [0, 0.05) is 37.0 Å². The molecule has 0 amide bonds. The third-order valence-electron chi connectivity index (χ3n) is 5.81. The predicted octanol–water partition coefficient (Wildman–Crippen LogP) is 1.80. The van der Waals surface area contributed by atoms with Crippen LogP contribution in [0.5, 0.6) is 5.88 Å². The van der Waals surface area contributed by atoms with Gasteiger partial charge in [-0.25, -0.2) is 27.3 Å². The molecule has 1 atom stereocenters. The Bertz CT molecular complexity index is 1710. The second-order valence-electron chi connectivity index (χ2n) is 7.92. The second-order valence-corrected chi connectivity index (χ2v) is 9.57. The van der Waals surface area contributed by atoms with Crippen molar-refractivity contribution in [2.75, 3.05) is 14.2 Å². The van der Waals surface area contributed by atoms with Crippen LogP contribution in [0.3, 0.4) is 0 Å². The van der Waals surface area contributed by atoms with E-state index in [9.17, 15) is 26.4 Å². The number of pyridine rings is 1. The summed E-state index contributed by atoms with van der Waals surface area (Å²) in [5, 5.41) is 3.43. The van der Waals surface area contributed by atoms with Gasteiger partial charge in [-0.3, -0.25) is 4.57 Å². The fourth-order valence-electron chi connectivity index (χ4n) is 4.09. The van der Waals surface area contributed by atoms with Gasteiger partial charge in [-0.2, -0.15) is 26.9 Å². The van der Waals surface area contributed by atoms with Crippen LogP contribution < -0.4 is 19.9 Å². The van der Waals surface area contributed by atoms with Crippen molar-refractivity contribution in [1.29, 1.82) is 0 Å². The number of hydrogen-bond donors (Lipinski definition) is 2. The number of ether oxygens (including phenoxy) is 1. The summed E-state index contributed by atoms with van der Waals surface area (Å²) in [5.74, 6) is -8.25. The number of hydrogen-bond acceptors (Lipinski definition) is 7. The summed E-state index contributed by atoms with van der Waals surface area (Å²) in [5.41, 5.74) is -3.32. The van der Waals surface area contributed by atoms with Gasteiger partial charge in [0.05, 0.1) is 24.6 Å². The predicted molar refractivity (Wildman–Crippen MR) is 116 cm³/mol. The summed E-state index contributed by atoms with van der Waals surface area (Å²) in [6, 6.07) is -0.0404. The van der Waals surface area contributed by atoms with Crippen LogP contribution in [0.1, 0.15) is 5.69 Å². The van der Waals surface area contributed by atoms with Crippen LogP contribution in [0, 0.1) is 17.5 Å². The van der Waals surface area contributed by atoms with Gasteiger partial charge in [-0.15, -0.1) is 0 Å². The number of nitrogens with zero attached hydrogens (tertiary/aromatic N) is 4. The first-order chi connectivity index (χ1) is 17.4. The quantitative estimate of drug-likeness (QED) is 0.353. The smallest absolute Gasteiger partial charge is 0.334 e. The number of nitrogens with one attached hydrogen (secondary N) is 2. The highest BCUT2D eigenvalue weighted by Gasteiger charge is 2.52. The number of alkyl halides is 2. The average molecular weight is 546 g/mol. The zero-order valence-corrected chi connectivity index (χ0v) is 19.5. The highest BCUT2D eigenvalue weighted by molar-refractivity contribution is 7.87. The second kappa shape index (κ2) is 8.35. The van der Waals surface area contributed by atoms with Gasteiger partial charge in [0.2, 0.25) is 5.88 Å². The molecular formula is C20H15F5N6O5S. The van der Waals surface area contributed by atoms with Crippen LogP contribution in [0.25, 0.3) is 28.0 Å². The van der Waals surface area contributed by atoms with E-state index in [2.05, 4.69) is 10.1 Å². The van der Waals surface area contributed by atoms with Crippen LogP contribution in [0.15, 0.2) is 33.7 Å². The first-order valence-corrected chi connectivity index (χ1v) is 11.8.